The lowest BCUT2D eigenvalue weighted by atomic mass is 9.70. The van der Waals surface area contributed by atoms with Gasteiger partial charge in [0.2, 0.25) is 0 Å². The van der Waals surface area contributed by atoms with Gasteiger partial charge in [-0.25, -0.2) is 0 Å². The minimum atomic E-state index is -4.67. The predicted molar refractivity (Wildman–Crippen MR) is 213 cm³/mol. The number of aldehydes is 1. The van der Waals surface area contributed by atoms with Crippen molar-refractivity contribution in [2.75, 3.05) is 0 Å². The largest absolute Gasteiger partial charge is 0.504 e. The van der Waals surface area contributed by atoms with Crippen LogP contribution in [0.4, 0.5) is 0 Å². The second-order valence-electron chi connectivity index (χ2n) is 14.0. The van der Waals surface area contributed by atoms with Crippen LogP contribution in [-0.2, 0) is 34.5 Å². The van der Waals surface area contributed by atoms with Gasteiger partial charge in [-0.3, -0.25) is 9.11 Å². The van der Waals surface area contributed by atoms with Crippen LogP contribution in [0, 0.1) is 11.8 Å². The molecule has 2 saturated carbocycles. The molecule has 0 unspecified atom stereocenters. The highest BCUT2D eigenvalue weighted by molar-refractivity contribution is 7.79. The molecule has 0 aromatic heterocycles. The van der Waals surface area contributed by atoms with Crippen LogP contribution in [-0.4, -0.2) is 54.4 Å². The maximum absolute atomic E-state index is 10.3. The summed E-state index contributed by atoms with van der Waals surface area (Å²) in [5.74, 6) is 0.397. The first kappa shape index (κ1) is 48.0. The van der Waals surface area contributed by atoms with Crippen molar-refractivity contribution in [1.29, 1.82) is 0 Å². The number of phenolic OH excluding ortho intramolecular Hbond substituents is 6. The number of carbonyl (C=O) groups excluding carboxylic acids is 1. The molecule has 0 aliphatic heterocycles. The standard InChI is InChI=1S/C25H34O4.C9H12O2.C7H12O.CH4.H2O4S/c1-3-8-17-12-21(26)23(28)14-19(17)25(16-10-6-5-7-11-16)20-15-24(29)22(27)13-18(20)9-4-2;1-2-3-7-4-5-8(10)9(11)6-7;8-6-7-4-2-1-3-5-7;;1-5(2,3)4/h12-16,25-29H,3-11H2,1-2H3;4-6,10-11H,2-3H2,1H3;6-7H,1-5H2;1H4;(H2,1,2,3,4). The number of carbonyl (C=O) groups is 1. The second-order valence-corrected chi connectivity index (χ2v) is 14.9. The first-order chi connectivity index (χ1) is 25.1. The van der Waals surface area contributed by atoms with Gasteiger partial charge in [-0.05, 0) is 115 Å². The van der Waals surface area contributed by atoms with E-state index in [1.165, 1.54) is 44.6 Å². The van der Waals surface area contributed by atoms with E-state index < -0.39 is 10.4 Å². The maximum atomic E-state index is 10.3. The lowest BCUT2D eigenvalue weighted by molar-refractivity contribution is -0.111. The molecule has 0 heterocycles. The first-order valence-corrected chi connectivity index (χ1v) is 20.3. The van der Waals surface area contributed by atoms with Crippen molar-refractivity contribution in [3.8, 4) is 34.5 Å². The number of benzene rings is 3. The van der Waals surface area contributed by atoms with Gasteiger partial charge < -0.3 is 35.4 Å². The van der Waals surface area contributed by atoms with Crippen LogP contribution in [0.1, 0.15) is 145 Å². The van der Waals surface area contributed by atoms with Crippen molar-refractivity contribution in [2.24, 2.45) is 11.8 Å². The third-order valence-corrected chi connectivity index (χ3v) is 9.72. The number of hydrogen-bond acceptors (Lipinski definition) is 9. The summed E-state index contributed by atoms with van der Waals surface area (Å²) in [6, 6.07) is 11.8. The highest BCUT2D eigenvalue weighted by atomic mass is 32.3. The van der Waals surface area contributed by atoms with E-state index in [4.69, 9.17) is 27.7 Å². The summed E-state index contributed by atoms with van der Waals surface area (Å²) < 4.78 is 31.6. The van der Waals surface area contributed by atoms with Crippen molar-refractivity contribution in [2.45, 2.75) is 137 Å². The van der Waals surface area contributed by atoms with E-state index in [0.29, 0.717) is 11.8 Å². The van der Waals surface area contributed by atoms with Crippen molar-refractivity contribution in [3.63, 3.8) is 0 Å². The van der Waals surface area contributed by atoms with Crippen molar-refractivity contribution < 1.29 is 53.0 Å². The van der Waals surface area contributed by atoms with Gasteiger partial charge in [0.05, 0.1) is 0 Å². The molecule has 5 rings (SSSR count). The highest BCUT2D eigenvalue weighted by Gasteiger charge is 2.31. The first-order valence-electron chi connectivity index (χ1n) is 18.9. The van der Waals surface area contributed by atoms with E-state index >= 15 is 0 Å². The molecule has 12 heteroatoms. The monoisotopic (exact) mass is 776 g/mol. The normalized spacial score (nSPS) is 14.6. The van der Waals surface area contributed by atoms with Crippen LogP contribution in [0.5, 0.6) is 34.5 Å². The van der Waals surface area contributed by atoms with Gasteiger partial charge in [-0.1, -0.05) is 92.1 Å². The third-order valence-electron chi connectivity index (χ3n) is 9.72. The Morgan fingerprint density at radius 1 is 0.593 bits per heavy atom. The SMILES string of the molecule is C.CCCc1cc(O)c(O)cc1C(c1cc(O)c(O)cc1CCC)C1CCCCC1.CCCc1ccc(O)c(O)c1.O=CC1CCCCC1.O=S(=O)(O)O. The quantitative estimate of drug-likeness (QED) is 0.0551. The lowest BCUT2D eigenvalue weighted by Crippen LogP contribution is -2.20. The van der Waals surface area contributed by atoms with Crippen LogP contribution < -0.4 is 0 Å². The molecule has 8 N–H and O–H groups in total. The molecule has 0 radical (unpaired) electrons. The van der Waals surface area contributed by atoms with Gasteiger partial charge in [0.1, 0.15) is 6.29 Å². The van der Waals surface area contributed by atoms with E-state index in [-0.39, 0.29) is 47.8 Å². The van der Waals surface area contributed by atoms with E-state index in [0.717, 1.165) is 98.3 Å². The fourth-order valence-electron chi connectivity index (χ4n) is 7.25. The Morgan fingerprint density at radius 2 is 0.981 bits per heavy atom. The van der Waals surface area contributed by atoms with E-state index in [1.807, 2.05) is 6.07 Å². The average Bonchev–Trinajstić information content (AvgIpc) is 3.11. The Kier molecular flexibility index (Phi) is 21.7. The van der Waals surface area contributed by atoms with Crippen LogP contribution in [0.3, 0.4) is 0 Å². The highest BCUT2D eigenvalue weighted by Crippen LogP contribution is 2.47. The molecule has 54 heavy (non-hydrogen) atoms. The smallest absolute Gasteiger partial charge is 0.394 e. The molecule has 0 saturated heterocycles. The lowest BCUT2D eigenvalue weighted by Gasteiger charge is -2.34. The fourth-order valence-corrected chi connectivity index (χ4v) is 7.25. The summed E-state index contributed by atoms with van der Waals surface area (Å²) in [7, 11) is -4.67. The van der Waals surface area contributed by atoms with Gasteiger partial charge >= 0.3 is 10.4 Å². The number of rotatable bonds is 10. The van der Waals surface area contributed by atoms with Gasteiger partial charge in [0.15, 0.2) is 34.5 Å². The van der Waals surface area contributed by atoms with Crippen LogP contribution in [0.25, 0.3) is 0 Å². The topological polar surface area (TPSA) is 213 Å². The van der Waals surface area contributed by atoms with Crippen molar-refractivity contribution in [3.05, 3.63) is 70.3 Å². The van der Waals surface area contributed by atoms with Gasteiger partial charge in [0, 0.05) is 11.8 Å². The minimum Gasteiger partial charge on any atom is -0.504 e. The molecule has 0 spiro atoms. The molecule has 3 aromatic rings. The molecule has 304 valence electrons. The Labute approximate surface area is 322 Å². The summed E-state index contributed by atoms with van der Waals surface area (Å²) in [4.78, 5) is 10.2. The Morgan fingerprint density at radius 3 is 1.35 bits per heavy atom. The third kappa shape index (κ3) is 16.6. The van der Waals surface area contributed by atoms with Gasteiger partial charge in [-0.2, -0.15) is 8.42 Å². The average molecular weight is 777 g/mol. The number of aryl methyl sites for hydroxylation is 3. The number of aromatic hydroxyl groups is 6. The molecular weight excluding hydrogens is 713 g/mol. The number of phenols is 6. The van der Waals surface area contributed by atoms with Crippen LogP contribution in [0.15, 0.2) is 42.5 Å². The molecular formula is C42H64O11S. The summed E-state index contributed by atoms with van der Waals surface area (Å²) in [6.45, 7) is 6.29. The Balaban J connectivity index is 0.000000473. The Hall–Kier alpha value is -4.00. The molecule has 2 fully saturated rings. The summed E-state index contributed by atoms with van der Waals surface area (Å²) in [5, 5.41) is 58.9. The van der Waals surface area contributed by atoms with Crippen molar-refractivity contribution >= 4 is 16.7 Å². The van der Waals surface area contributed by atoms with Gasteiger partial charge in [-0.15, -0.1) is 0 Å². The van der Waals surface area contributed by atoms with E-state index in [1.54, 1.807) is 30.3 Å². The Bertz CT molecular complexity index is 1590. The van der Waals surface area contributed by atoms with E-state index in [9.17, 15) is 25.2 Å². The fraction of sp³-hybridized carbons (Fsp3) is 0.548. The molecule has 0 amide bonds. The molecule has 2 aliphatic rings. The molecule has 2 aliphatic carbocycles. The zero-order valence-electron chi connectivity index (χ0n) is 31.4. The molecule has 11 nitrogen and oxygen atoms in total. The zero-order valence-corrected chi connectivity index (χ0v) is 32.2. The van der Waals surface area contributed by atoms with E-state index in [2.05, 4.69) is 20.8 Å². The summed E-state index contributed by atoms with van der Waals surface area (Å²) in [5.41, 5.74) is 5.23. The molecule has 0 atom stereocenters. The molecule has 3 aromatic carbocycles. The zero-order chi connectivity index (χ0) is 39.6. The van der Waals surface area contributed by atoms with Crippen LogP contribution >= 0.6 is 0 Å². The second kappa shape index (κ2) is 24.4. The maximum Gasteiger partial charge on any atom is 0.394 e. The minimum absolute atomic E-state index is 0. The van der Waals surface area contributed by atoms with Crippen molar-refractivity contribution in [1.82, 2.24) is 0 Å². The number of hydrogen-bond donors (Lipinski definition) is 8. The summed E-state index contributed by atoms with van der Waals surface area (Å²) in [6.07, 6.45) is 18.6. The summed E-state index contributed by atoms with van der Waals surface area (Å²) >= 11 is 0. The van der Waals surface area contributed by atoms with Crippen LogP contribution in [0.2, 0.25) is 0 Å². The van der Waals surface area contributed by atoms with Gasteiger partial charge in [0.25, 0.3) is 0 Å². The molecule has 0 bridgehead atoms. The predicted octanol–water partition coefficient (Wildman–Crippen LogP) is 9.93.